The summed E-state index contributed by atoms with van der Waals surface area (Å²) in [5, 5.41) is 2.38. The van der Waals surface area contributed by atoms with Crippen molar-refractivity contribution in [1.29, 1.82) is 0 Å². The number of nitrogens with one attached hydrogen (secondary N) is 3. The Hall–Kier alpha value is -3.30. The summed E-state index contributed by atoms with van der Waals surface area (Å²) < 4.78 is 8.00. The Bertz CT molecular complexity index is 853. The van der Waals surface area contributed by atoms with E-state index in [4.69, 9.17) is 5.73 Å². The van der Waals surface area contributed by atoms with Crippen LogP contribution in [0.1, 0.15) is 12.8 Å². The van der Waals surface area contributed by atoms with Gasteiger partial charge in [0.15, 0.2) is 0 Å². The van der Waals surface area contributed by atoms with E-state index in [-0.39, 0.29) is 30.4 Å². The SMILES string of the molecule is NC1CONC1=O.O=C(NC1CONC1=O)C(=O)OP.O=C(OP)C(=O)ON1C(=O)CCC1=O. The van der Waals surface area contributed by atoms with Gasteiger partial charge in [0.25, 0.3) is 23.6 Å². The molecule has 188 valence electrons. The Morgan fingerprint density at radius 2 is 1.41 bits per heavy atom. The number of rotatable bonds is 2. The summed E-state index contributed by atoms with van der Waals surface area (Å²) in [6.07, 6.45) is -0.0515. The fourth-order valence-corrected chi connectivity index (χ4v) is 2.10. The maximum Gasteiger partial charge on any atom is 0.442 e. The molecule has 0 radical (unpaired) electrons. The third-order valence-corrected chi connectivity index (χ3v) is 3.99. The van der Waals surface area contributed by atoms with Gasteiger partial charge in [-0.3, -0.25) is 33.6 Å². The number of hydroxylamine groups is 4. The predicted octanol–water partition coefficient (Wildman–Crippen LogP) is -4.83. The summed E-state index contributed by atoms with van der Waals surface area (Å²) in [5.74, 6) is -6.82. The first kappa shape index (κ1) is 28.7. The Balaban J connectivity index is 0.000000268. The molecule has 5 amide bonds. The minimum absolute atomic E-state index is 0.00525. The standard InChI is InChI=1S/C6H6NO6P.C5H7N2O5P.C3H6N2O2/c8-3-1-2-4(9)7(3)12-5(10)6(11)13-14;8-3-2(1-11-7-3)6-4(9)5(10)12-13;4-2-1-7-5-3(2)6/h1-2,14H2;2H,1,13H2,(H,6,9)(H,7,8);2H,1,4H2,(H,5,6). The molecule has 18 nitrogen and oxygen atoms in total. The van der Waals surface area contributed by atoms with Crippen molar-refractivity contribution < 1.29 is 61.9 Å². The number of amides is 5. The van der Waals surface area contributed by atoms with E-state index < -0.39 is 53.6 Å². The van der Waals surface area contributed by atoms with Crippen LogP contribution in [0.4, 0.5) is 0 Å². The molecule has 20 heteroatoms. The second-order valence-electron chi connectivity index (χ2n) is 5.96. The van der Waals surface area contributed by atoms with Crippen molar-refractivity contribution in [2.45, 2.75) is 24.9 Å². The summed E-state index contributed by atoms with van der Waals surface area (Å²) in [5.41, 5.74) is 9.27. The van der Waals surface area contributed by atoms with Crippen molar-refractivity contribution in [2.24, 2.45) is 5.73 Å². The summed E-state index contributed by atoms with van der Waals surface area (Å²) in [6, 6.07) is -1.29. The zero-order valence-corrected chi connectivity index (χ0v) is 19.3. The molecule has 3 heterocycles. The van der Waals surface area contributed by atoms with E-state index in [1.165, 1.54) is 0 Å². The number of nitrogens with two attached hydrogens (primary N) is 1. The average molecular weight is 527 g/mol. The quantitative estimate of drug-likeness (QED) is 0.149. The van der Waals surface area contributed by atoms with E-state index in [0.29, 0.717) is 6.61 Å². The topological polar surface area (TPSA) is 248 Å². The van der Waals surface area contributed by atoms with Gasteiger partial charge in [0, 0.05) is 12.8 Å². The third kappa shape index (κ3) is 8.92. The summed E-state index contributed by atoms with van der Waals surface area (Å²) in [6.45, 7) is 0.285. The van der Waals surface area contributed by atoms with E-state index in [9.17, 15) is 38.4 Å². The molecule has 0 aliphatic carbocycles. The van der Waals surface area contributed by atoms with Gasteiger partial charge >= 0.3 is 23.8 Å². The lowest BCUT2D eigenvalue weighted by atomic mass is 10.3. The molecule has 34 heavy (non-hydrogen) atoms. The molecule has 3 saturated heterocycles. The van der Waals surface area contributed by atoms with E-state index in [2.05, 4.69) is 34.4 Å². The molecule has 3 aliphatic heterocycles. The van der Waals surface area contributed by atoms with Gasteiger partial charge in [-0.05, 0) is 0 Å². The van der Waals surface area contributed by atoms with Crippen molar-refractivity contribution >= 4 is 66.4 Å². The lowest BCUT2D eigenvalue weighted by molar-refractivity contribution is -0.200. The van der Waals surface area contributed by atoms with Crippen molar-refractivity contribution in [3.63, 3.8) is 0 Å². The predicted molar refractivity (Wildman–Crippen MR) is 107 cm³/mol. The summed E-state index contributed by atoms with van der Waals surface area (Å²) in [7, 11) is 3.19. The van der Waals surface area contributed by atoms with Crippen molar-refractivity contribution in [3.8, 4) is 0 Å². The third-order valence-electron chi connectivity index (χ3n) is 3.56. The van der Waals surface area contributed by atoms with Gasteiger partial charge in [-0.2, -0.15) is 0 Å². The van der Waals surface area contributed by atoms with Crippen LogP contribution in [0.5, 0.6) is 0 Å². The van der Waals surface area contributed by atoms with Gasteiger partial charge in [0.1, 0.15) is 18.7 Å². The van der Waals surface area contributed by atoms with Gasteiger partial charge in [-0.25, -0.2) is 25.3 Å². The normalized spacial score (nSPS) is 20.6. The van der Waals surface area contributed by atoms with Gasteiger partial charge in [-0.15, -0.1) is 5.06 Å². The molecule has 5 N–H and O–H groups in total. The average Bonchev–Trinajstić information content (AvgIpc) is 3.50. The number of hydrogen-bond acceptors (Lipinski definition) is 14. The minimum Gasteiger partial charge on any atom is -0.444 e. The van der Waals surface area contributed by atoms with E-state index in [0.717, 1.165) is 0 Å². The molecule has 0 spiro atoms. The number of nitrogens with zero attached hydrogens (tertiary/aromatic N) is 1. The molecule has 3 rings (SSSR count). The summed E-state index contributed by atoms with van der Waals surface area (Å²) in [4.78, 5) is 98.7. The second kappa shape index (κ2) is 14.1. The zero-order chi connectivity index (χ0) is 25.8. The Kier molecular flexibility index (Phi) is 11.9. The van der Waals surface area contributed by atoms with Crippen molar-refractivity contribution in [3.05, 3.63) is 0 Å². The fourth-order valence-electron chi connectivity index (χ4n) is 1.90. The van der Waals surface area contributed by atoms with Crippen LogP contribution < -0.4 is 22.0 Å². The zero-order valence-electron chi connectivity index (χ0n) is 17.0. The monoisotopic (exact) mass is 527 g/mol. The van der Waals surface area contributed by atoms with Gasteiger partial charge in [0.2, 0.25) is 0 Å². The highest BCUT2D eigenvalue weighted by atomic mass is 31.0. The van der Waals surface area contributed by atoms with Crippen LogP contribution in [-0.4, -0.2) is 77.8 Å². The first-order chi connectivity index (χ1) is 16.0. The minimum atomic E-state index is -1.41. The van der Waals surface area contributed by atoms with Crippen LogP contribution in [0.25, 0.3) is 0 Å². The fraction of sp³-hybridized carbons (Fsp3) is 0.429. The van der Waals surface area contributed by atoms with Gasteiger partial charge in [0.05, 0.1) is 25.5 Å². The number of imide groups is 1. The van der Waals surface area contributed by atoms with Crippen LogP contribution in [0.15, 0.2) is 0 Å². The number of carbonyl (C=O) groups excluding carboxylic acids is 8. The number of hydrogen-bond donors (Lipinski definition) is 4. The molecule has 3 aliphatic rings. The first-order valence-corrected chi connectivity index (χ1v) is 9.75. The summed E-state index contributed by atoms with van der Waals surface area (Å²) >= 11 is 0. The molecule has 3 fully saturated rings. The highest BCUT2D eigenvalue weighted by molar-refractivity contribution is 7.11. The molecule has 0 bridgehead atoms. The molecule has 0 aromatic heterocycles. The smallest absolute Gasteiger partial charge is 0.442 e. The maximum absolute atomic E-state index is 10.9. The van der Waals surface area contributed by atoms with Crippen LogP contribution >= 0.6 is 18.9 Å². The van der Waals surface area contributed by atoms with Crippen molar-refractivity contribution in [1.82, 2.24) is 21.3 Å². The Labute approximate surface area is 194 Å². The highest BCUT2D eigenvalue weighted by Gasteiger charge is 2.35. The first-order valence-electron chi connectivity index (χ1n) is 8.81. The van der Waals surface area contributed by atoms with Gasteiger partial charge in [-0.1, -0.05) is 0 Å². The van der Waals surface area contributed by atoms with E-state index in [1.54, 1.807) is 18.9 Å². The van der Waals surface area contributed by atoms with E-state index >= 15 is 0 Å². The van der Waals surface area contributed by atoms with Crippen LogP contribution in [-0.2, 0) is 61.9 Å². The second-order valence-corrected chi connectivity index (χ2v) is 6.43. The molecular formula is C14H19N5O13P2. The van der Waals surface area contributed by atoms with Crippen LogP contribution in [0.3, 0.4) is 0 Å². The van der Waals surface area contributed by atoms with Gasteiger partial charge < -0.3 is 24.9 Å². The molecule has 4 unspecified atom stereocenters. The molecule has 0 aromatic carbocycles. The Morgan fingerprint density at radius 1 is 0.882 bits per heavy atom. The Morgan fingerprint density at radius 3 is 1.79 bits per heavy atom. The number of carbonyl (C=O) groups is 8. The molecule has 4 atom stereocenters. The van der Waals surface area contributed by atoms with Crippen LogP contribution in [0, 0.1) is 0 Å². The van der Waals surface area contributed by atoms with E-state index in [1.807, 2.05) is 5.48 Å². The van der Waals surface area contributed by atoms with Crippen LogP contribution in [0.2, 0.25) is 0 Å². The molecule has 0 aromatic rings. The lowest BCUT2D eigenvalue weighted by Crippen LogP contribution is -2.44. The molecule has 0 saturated carbocycles. The largest absolute Gasteiger partial charge is 0.444 e. The lowest BCUT2D eigenvalue weighted by Gasteiger charge is -2.10. The van der Waals surface area contributed by atoms with Crippen molar-refractivity contribution in [2.75, 3.05) is 13.2 Å². The maximum atomic E-state index is 10.9. The highest BCUT2D eigenvalue weighted by Crippen LogP contribution is 2.12. The molecular weight excluding hydrogens is 508 g/mol.